The van der Waals surface area contributed by atoms with Crippen molar-refractivity contribution in [1.82, 2.24) is 5.32 Å². The van der Waals surface area contributed by atoms with Gasteiger partial charge < -0.3 is 38.5 Å². The van der Waals surface area contributed by atoms with E-state index in [1.807, 2.05) is 0 Å². The molecule has 0 unspecified atom stereocenters. The number of benzene rings is 1. The van der Waals surface area contributed by atoms with E-state index in [0.29, 0.717) is 4.90 Å². The number of esters is 6. The predicted octanol–water partition coefficient (Wildman–Crippen LogP) is 0.841. The standard InChI is InChI=1S/C28H35NO14S/c1-14(30)29-22-24(23(40-17(4)33)21(39-16(3)32)13-38-15(2)31)43-28(27(36)37-7,42-19(6)35)26(25(22)41-18(5)34)44-20-11-9-8-10-12-20/h8-12,21-26H,13H2,1-7H3,(H,29,30)/t21-,22-,23+,24+,25+,26+,28-/m0/s1. The molecule has 1 aliphatic rings. The summed E-state index contributed by atoms with van der Waals surface area (Å²) >= 11 is 0.905. The second-order valence-corrected chi connectivity index (χ2v) is 10.7. The van der Waals surface area contributed by atoms with Gasteiger partial charge in [-0.3, -0.25) is 28.8 Å². The van der Waals surface area contributed by atoms with E-state index in [1.165, 1.54) is 0 Å². The van der Waals surface area contributed by atoms with Crippen LogP contribution in [0.15, 0.2) is 35.2 Å². The Morgan fingerprint density at radius 1 is 0.864 bits per heavy atom. The minimum absolute atomic E-state index is 0.503. The van der Waals surface area contributed by atoms with Gasteiger partial charge in [-0.05, 0) is 12.1 Å². The Bertz CT molecular complexity index is 1240. The monoisotopic (exact) mass is 641 g/mol. The van der Waals surface area contributed by atoms with E-state index in [9.17, 15) is 33.6 Å². The third kappa shape index (κ3) is 9.67. The molecule has 242 valence electrons. The van der Waals surface area contributed by atoms with Crippen molar-refractivity contribution < 1.29 is 66.7 Å². The van der Waals surface area contributed by atoms with Crippen LogP contribution in [0.5, 0.6) is 0 Å². The summed E-state index contributed by atoms with van der Waals surface area (Å²) in [7, 11) is 0.989. The zero-order valence-corrected chi connectivity index (χ0v) is 26.0. The Hall–Kier alpha value is -4.18. The van der Waals surface area contributed by atoms with Crippen molar-refractivity contribution in [3.8, 4) is 0 Å². The summed E-state index contributed by atoms with van der Waals surface area (Å²) in [5.74, 6) is -9.14. The van der Waals surface area contributed by atoms with Crippen molar-refractivity contribution in [2.45, 2.75) is 87.9 Å². The molecule has 1 N–H and O–H groups in total. The lowest BCUT2D eigenvalue weighted by Crippen LogP contribution is -2.74. The molecule has 1 saturated heterocycles. The molecular weight excluding hydrogens is 606 g/mol. The van der Waals surface area contributed by atoms with Crippen molar-refractivity contribution in [3.05, 3.63) is 30.3 Å². The van der Waals surface area contributed by atoms with E-state index in [1.54, 1.807) is 30.3 Å². The van der Waals surface area contributed by atoms with Gasteiger partial charge in [0.05, 0.1) is 13.2 Å². The fourth-order valence-corrected chi connectivity index (χ4v) is 5.84. The molecule has 16 heteroatoms. The highest BCUT2D eigenvalue weighted by atomic mass is 32.2. The lowest BCUT2D eigenvalue weighted by atomic mass is 9.87. The van der Waals surface area contributed by atoms with Crippen molar-refractivity contribution in [1.29, 1.82) is 0 Å². The van der Waals surface area contributed by atoms with E-state index in [-0.39, 0.29) is 0 Å². The van der Waals surface area contributed by atoms with Crippen LogP contribution in [0.3, 0.4) is 0 Å². The number of carbonyl (C=O) groups excluding carboxylic acids is 7. The molecule has 2 rings (SSSR count). The van der Waals surface area contributed by atoms with E-state index >= 15 is 0 Å². The molecule has 1 amide bonds. The molecule has 44 heavy (non-hydrogen) atoms. The van der Waals surface area contributed by atoms with Gasteiger partial charge in [0.15, 0.2) is 12.2 Å². The van der Waals surface area contributed by atoms with Crippen LogP contribution in [0.25, 0.3) is 0 Å². The Morgan fingerprint density at radius 2 is 1.48 bits per heavy atom. The smallest absolute Gasteiger partial charge is 0.381 e. The number of nitrogens with one attached hydrogen (secondary N) is 1. The van der Waals surface area contributed by atoms with E-state index < -0.39 is 89.8 Å². The number of ether oxygens (including phenoxy) is 7. The largest absolute Gasteiger partial charge is 0.464 e. The lowest BCUT2D eigenvalue weighted by Gasteiger charge is -2.51. The van der Waals surface area contributed by atoms with Gasteiger partial charge in [-0.25, -0.2) is 4.79 Å². The van der Waals surface area contributed by atoms with Crippen LogP contribution >= 0.6 is 11.8 Å². The van der Waals surface area contributed by atoms with Crippen molar-refractivity contribution >= 4 is 53.5 Å². The molecule has 1 fully saturated rings. The highest BCUT2D eigenvalue weighted by Crippen LogP contribution is 2.45. The van der Waals surface area contributed by atoms with Gasteiger partial charge in [-0.15, -0.1) is 11.8 Å². The van der Waals surface area contributed by atoms with E-state index in [0.717, 1.165) is 60.4 Å². The van der Waals surface area contributed by atoms with Crippen LogP contribution in [-0.2, 0) is 66.7 Å². The van der Waals surface area contributed by atoms with Crippen LogP contribution in [0.1, 0.15) is 41.5 Å². The van der Waals surface area contributed by atoms with Gasteiger partial charge in [0.25, 0.3) is 0 Å². The van der Waals surface area contributed by atoms with Gasteiger partial charge in [0.2, 0.25) is 5.91 Å². The van der Waals surface area contributed by atoms with Gasteiger partial charge in [0.1, 0.15) is 24.1 Å². The Kier molecular flexibility index (Phi) is 13.1. The molecule has 15 nitrogen and oxygen atoms in total. The fourth-order valence-electron chi connectivity index (χ4n) is 4.52. The third-order valence-corrected chi connectivity index (χ3v) is 7.27. The Morgan fingerprint density at radius 3 is 1.95 bits per heavy atom. The Balaban J connectivity index is 2.94. The average Bonchev–Trinajstić information content (AvgIpc) is 2.91. The first kappa shape index (κ1) is 36.0. The first-order chi connectivity index (χ1) is 20.6. The number of hydrogen-bond acceptors (Lipinski definition) is 15. The summed E-state index contributed by atoms with van der Waals surface area (Å²) in [6, 6.07) is 6.95. The van der Waals surface area contributed by atoms with Gasteiger partial charge in [-0.1, -0.05) is 18.2 Å². The molecule has 0 aromatic heterocycles. The summed E-state index contributed by atoms with van der Waals surface area (Å²) in [4.78, 5) is 87.8. The molecule has 1 heterocycles. The van der Waals surface area contributed by atoms with E-state index in [2.05, 4.69) is 5.32 Å². The highest BCUT2D eigenvalue weighted by Gasteiger charge is 2.66. The minimum atomic E-state index is -2.71. The van der Waals surface area contributed by atoms with Crippen molar-refractivity contribution in [2.75, 3.05) is 13.7 Å². The molecule has 0 spiro atoms. The number of carbonyl (C=O) groups is 7. The molecule has 0 aliphatic carbocycles. The summed E-state index contributed by atoms with van der Waals surface area (Å²) in [5.41, 5.74) is 0. The van der Waals surface area contributed by atoms with Crippen molar-refractivity contribution in [3.63, 3.8) is 0 Å². The Labute approximate surface area is 257 Å². The minimum Gasteiger partial charge on any atom is -0.464 e. The maximum atomic E-state index is 13.6. The number of rotatable bonds is 12. The summed E-state index contributed by atoms with van der Waals surface area (Å²) in [6.45, 7) is 5.64. The van der Waals surface area contributed by atoms with Crippen molar-refractivity contribution in [2.24, 2.45) is 0 Å². The molecule has 1 aliphatic heterocycles. The molecule has 0 radical (unpaired) electrons. The van der Waals surface area contributed by atoms with Crippen LogP contribution in [0.2, 0.25) is 0 Å². The molecule has 7 atom stereocenters. The SMILES string of the molecule is COC(=O)[C@@]1(OC(C)=O)O[C@@H]([C@H](OC(C)=O)[C@H](COC(C)=O)OC(C)=O)[C@H](NC(C)=O)[C@@H](OC(C)=O)[C@H]1Sc1ccccc1. The third-order valence-electron chi connectivity index (χ3n) is 5.90. The number of methoxy groups -OCH3 is 1. The maximum Gasteiger partial charge on any atom is 0.381 e. The second kappa shape index (κ2) is 16.0. The molecular formula is C28H35NO14S. The van der Waals surface area contributed by atoms with Gasteiger partial charge in [-0.2, -0.15) is 0 Å². The number of hydrogen-bond donors (Lipinski definition) is 1. The van der Waals surface area contributed by atoms with Gasteiger partial charge in [0, 0.05) is 46.4 Å². The zero-order chi connectivity index (χ0) is 33.2. The maximum absolute atomic E-state index is 13.6. The summed E-state index contributed by atoms with van der Waals surface area (Å²) in [6.07, 6.45) is -6.67. The molecule has 0 saturated carbocycles. The summed E-state index contributed by atoms with van der Waals surface area (Å²) < 4.78 is 38.3. The first-order valence-electron chi connectivity index (χ1n) is 13.2. The van der Waals surface area contributed by atoms with Crippen LogP contribution < -0.4 is 5.32 Å². The van der Waals surface area contributed by atoms with Crippen LogP contribution in [-0.4, -0.2) is 96.9 Å². The number of amides is 1. The van der Waals surface area contributed by atoms with E-state index in [4.69, 9.17) is 33.2 Å². The molecule has 1 aromatic rings. The summed E-state index contributed by atoms with van der Waals surface area (Å²) in [5, 5.41) is 1.14. The predicted molar refractivity (Wildman–Crippen MR) is 148 cm³/mol. The first-order valence-corrected chi connectivity index (χ1v) is 14.1. The zero-order valence-electron chi connectivity index (χ0n) is 25.2. The lowest BCUT2D eigenvalue weighted by molar-refractivity contribution is -0.300. The van der Waals surface area contributed by atoms with Crippen LogP contribution in [0.4, 0.5) is 0 Å². The van der Waals surface area contributed by atoms with Crippen LogP contribution in [0, 0.1) is 0 Å². The highest BCUT2D eigenvalue weighted by molar-refractivity contribution is 8.00. The molecule has 0 bridgehead atoms. The second-order valence-electron chi connectivity index (χ2n) is 9.51. The fraction of sp³-hybridized carbons (Fsp3) is 0.536. The quantitative estimate of drug-likeness (QED) is 0.249. The topological polar surface area (TPSA) is 196 Å². The number of thioether (sulfide) groups is 1. The normalized spacial score (nSPS) is 24.0. The van der Waals surface area contributed by atoms with Gasteiger partial charge >= 0.3 is 41.6 Å². The molecule has 1 aromatic carbocycles. The average molecular weight is 642 g/mol.